The number of carbonyl (C=O) groups is 2. The van der Waals surface area contributed by atoms with Crippen LogP contribution in [0.3, 0.4) is 0 Å². The van der Waals surface area contributed by atoms with Gasteiger partial charge in [-0.25, -0.2) is 9.59 Å². The summed E-state index contributed by atoms with van der Waals surface area (Å²) >= 11 is 6.43. The summed E-state index contributed by atoms with van der Waals surface area (Å²) in [6.07, 6.45) is 4.19. The average Bonchev–Trinajstić information content (AvgIpc) is 3.42. The van der Waals surface area contributed by atoms with E-state index in [1.165, 1.54) is 25.9 Å². The van der Waals surface area contributed by atoms with Crippen molar-refractivity contribution < 1.29 is 9.59 Å². The van der Waals surface area contributed by atoms with E-state index < -0.39 is 6.04 Å². The second kappa shape index (κ2) is 12.9. The first-order chi connectivity index (χ1) is 22.2. The van der Waals surface area contributed by atoms with Crippen molar-refractivity contribution >= 4 is 40.3 Å². The van der Waals surface area contributed by atoms with Gasteiger partial charge in [-0.2, -0.15) is 0 Å². The SMILES string of the molecule is Cc1cc(C[C@@H](NC(=O)N2CCC(n3c(=O)[nH]c4ccccc43)CC2)C(=O)N2CCN(C3CN4CCC3CC4)CC2)cc(Cl)c1N. The highest BCUT2D eigenvalue weighted by Crippen LogP contribution is 2.32. The van der Waals surface area contributed by atoms with Crippen LogP contribution in [0.4, 0.5) is 10.5 Å². The van der Waals surface area contributed by atoms with E-state index in [9.17, 15) is 14.4 Å². The predicted octanol–water partition coefficient (Wildman–Crippen LogP) is 3.07. The van der Waals surface area contributed by atoms with E-state index in [0.29, 0.717) is 62.2 Å². The lowest BCUT2D eigenvalue weighted by molar-refractivity contribution is -0.136. The summed E-state index contributed by atoms with van der Waals surface area (Å²) in [7, 11) is 0. The van der Waals surface area contributed by atoms with Crippen LogP contribution in [0.15, 0.2) is 41.2 Å². The summed E-state index contributed by atoms with van der Waals surface area (Å²) < 4.78 is 1.82. The standard InChI is InChI=1S/C34H45ClN8O3/c1-22-18-23(19-26(35)31(22)36)20-28(32(44)41-16-14-40(15-17-41)30-21-39-10-6-24(30)7-11-39)38-33(45)42-12-8-25(9-13-42)43-29-5-3-2-4-27(29)37-34(43)46/h2-5,18-19,24-25,28,30H,6-17,20-21,36H2,1H3,(H,37,46)(H,38,45)/t28-,30?/m1/s1. The second-order valence-electron chi connectivity index (χ2n) is 13.6. The number of anilines is 1. The first kappa shape index (κ1) is 31.1. The molecule has 5 aliphatic rings. The summed E-state index contributed by atoms with van der Waals surface area (Å²) in [6.45, 7) is 9.48. The van der Waals surface area contributed by atoms with E-state index in [4.69, 9.17) is 17.3 Å². The Morgan fingerprint density at radius 3 is 2.37 bits per heavy atom. The molecule has 4 N–H and O–H groups in total. The number of fused-ring (bicyclic) bond motifs is 4. The summed E-state index contributed by atoms with van der Waals surface area (Å²) in [6, 6.07) is 11.0. The third-order valence-corrected chi connectivity index (χ3v) is 11.2. The average molecular weight is 649 g/mol. The smallest absolute Gasteiger partial charge is 0.326 e. The van der Waals surface area contributed by atoms with Gasteiger partial charge in [0, 0.05) is 64.3 Å². The molecule has 46 heavy (non-hydrogen) atoms. The Morgan fingerprint density at radius 1 is 0.978 bits per heavy atom. The Morgan fingerprint density at radius 2 is 1.70 bits per heavy atom. The number of H-pyrrole nitrogens is 1. The number of halogens is 1. The number of imidazole rings is 1. The van der Waals surface area contributed by atoms with Gasteiger partial charge in [0.15, 0.2) is 0 Å². The van der Waals surface area contributed by atoms with Crippen molar-refractivity contribution in [3.8, 4) is 0 Å². The molecule has 246 valence electrons. The number of aromatic nitrogens is 2. The Labute approximate surface area is 274 Å². The molecule has 0 spiro atoms. The van der Waals surface area contributed by atoms with Gasteiger partial charge in [-0.05, 0) is 80.9 Å². The fraction of sp³-hybridized carbons (Fsp3) is 0.559. The number of hydrogen-bond acceptors (Lipinski definition) is 6. The van der Waals surface area contributed by atoms with Crippen molar-refractivity contribution in [2.24, 2.45) is 5.92 Å². The highest BCUT2D eigenvalue weighted by atomic mass is 35.5. The van der Waals surface area contributed by atoms with Gasteiger partial charge in [0.1, 0.15) is 6.04 Å². The van der Waals surface area contributed by atoms with Crippen molar-refractivity contribution in [3.05, 3.63) is 63.0 Å². The number of benzene rings is 2. The van der Waals surface area contributed by atoms with E-state index in [1.54, 1.807) is 11.0 Å². The predicted molar refractivity (Wildman–Crippen MR) is 180 cm³/mol. The number of urea groups is 1. The molecule has 2 bridgehead atoms. The Bertz CT molecular complexity index is 1620. The maximum Gasteiger partial charge on any atom is 0.326 e. The van der Waals surface area contributed by atoms with Crippen molar-refractivity contribution in [2.75, 3.05) is 64.6 Å². The van der Waals surface area contributed by atoms with Gasteiger partial charge in [0.05, 0.1) is 21.7 Å². The van der Waals surface area contributed by atoms with Crippen LogP contribution >= 0.6 is 11.6 Å². The highest BCUT2D eigenvalue weighted by Gasteiger charge is 2.39. The monoisotopic (exact) mass is 648 g/mol. The number of likely N-dealkylation sites (tertiary alicyclic amines) is 1. The minimum absolute atomic E-state index is 0.00232. The molecule has 0 radical (unpaired) electrons. The number of piperidine rings is 4. The van der Waals surface area contributed by atoms with Crippen LogP contribution in [0.25, 0.3) is 11.0 Å². The largest absolute Gasteiger partial charge is 0.397 e. The van der Waals surface area contributed by atoms with E-state index in [1.807, 2.05) is 46.7 Å². The lowest BCUT2D eigenvalue weighted by Gasteiger charge is -2.51. The van der Waals surface area contributed by atoms with Gasteiger partial charge in [-0.15, -0.1) is 0 Å². The van der Waals surface area contributed by atoms with Crippen LogP contribution in [0, 0.1) is 12.8 Å². The lowest BCUT2D eigenvalue weighted by atomic mass is 9.83. The molecule has 2 aromatic carbocycles. The number of piperazine rings is 1. The molecule has 0 aliphatic carbocycles. The molecule has 5 saturated heterocycles. The van der Waals surface area contributed by atoms with Gasteiger partial charge in [-0.3, -0.25) is 14.3 Å². The van der Waals surface area contributed by atoms with E-state index in [-0.39, 0.29) is 23.7 Å². The molecule has 1 unspecified atom stereocenters. The van der Waals surface area contributed by atoms with Gasteiger partial charge < -0.3 is 30.7 Å². The molecular formula is C34H45ClN8O3. The molecule has 11 nitrogen and oxygen atoms in total. The summed E-state index contributed by atoms with van der Waals surface area (Å²) in [4.78, 5) is 52.3. The number of carbonyl (C=O) groups excluding carboxylic acids is 2. The maximum absolute atomic E-state index is 14.1. The summed E-state index contributed by atoms with van der Waals surface area (Å²) in [5, 5.41) is 3.55. The van der Waals surface area contributed by atoms with Crippen molar-refractivity contribution in [2.45, 2.75) is 57.2 Å². The number of amides is 3. The van der Waals surface area contributed by atoms with Crippen molar-refractivity contribution in [3.63, 3.8) is 0 Å². The Hall–Kier alpha value is -3.54. The third-order valence-electron chi connectivity index (χ3n) is 10.9. The minimum atomic E-state index is -0.732. The van der Waals surface area contributed by atoms with Gasteiger partial charge in [0.2, 0.25) is 5.91 Å². The zero-order valence-electron chi connectivity index (χ0n) is 26.6. The number of nitrogen functional groups attached to an aromatic ring is 1. The molecular weight excluding hydrogens is 604 g/mol. The first-order valence-corrected chi connectivity index (χ1v) is 17.2. The van der Waals surface area contributed by atoms with Crippen LogP contribution in [0.2, 0.25) is 5.02 Å². The second-order valence-corrected chi connectivity index (χ2v) is 14.0. The number of nitrogens with two attached hydrogens (primary N) is 1. The number of rotatable bonds is 6. The van der Waals surface area contributed by atoms with Crippen LogP contribution < -0.4 is 16.7 Å². The van der Waals surface area contributed by atoms with Crippen molar-refractivity contribution in [1.82, 2.24) is 34.5 Å². The molecule has 8 rings (SSSR count). The maximum atomic E-state index is 14.1. The van der Waals surface area contributed by atoms with Gasteiger partial charge in [0.25, 0.3) is 0 Å². The van der Waals surface area contributed by atoms with Crippen molar-refractivity contribution in [1.29, 1.82) is 0 Å². The third kappa shape index (κ3) is 6.12. The number of aromatic amines is 1. The van der Waals surface area contributed by atoms with Crippen LogP contribution in [0.5, 0.6) is 0 Å². The number of para-hydroxylation sites is 2. The van der Waals surface area contributed by atoms with Crippen LogP contribution in [-0.2, 0) is 11.2 Å². The fourth-order valence-corrected chi connectivity index (χ4v) is 8.52. The van der Waals surface area contributed by atoms with Gasteiger partial charge in [-0.1, -0.05) is 29.8 Å². The molecule has 0 saturated carbocycles. The minimum Gasteiger partial charge on any atom is -0.397 e. The van der Waals surface area contributed by atoms with Crippen LogP contribution in [0.1, 0.15) is 42.9 Å². The Kier molecular flexibility index (Phi) is 8.73. The Balaban J connectivity index is 1.02. The number of nitrogens with one attached hydrogen (secondary N) is 2. The zero-order valence-corrected chi connectivity index (χ0v) is 27.3. The molecule has 5 fully saturated rings. The number of hydrogen-bond donors (Lipinski definition) is 3. The van der Waals surface area contributed by atoms with E-state index >= 15 is 0 Å². The van der Waals surface area contributed by atoms with E-state index in [2.05, 4.69) is 20.1 Å². The van der Waals surface area contributed by atoms with E-state index in [0.717, 1.165) is 47.7 Å². The zero-order chi connectivity index (χ0) is 31.9. The highest BCUT2D eigenvalue weighted by molar-refractivity contribution is 6.33. The quantitative estimate of drug-likeness (QED) is 0.353. The molecule has 2 atom stereocenters. The molecule has 1 aromatic heterocycles. The molecule has 3 amide bonds. The normalized spacial score (nSPS) is 24.8. The molecule has 5 aliphatic heterocycles. The topological polar surface area (TPSA) is 123 Å². The molecule has 6 heterocycles. The molecule has 3 aromatic rings. The number of aryl methyl sites for hydroxylation is 1. The summed E-state index contributed by atoms with van der Waals surface area (Å²) in [5.41, 5.74) is 9.91. The molecule has 12 heteroatoms. The van der Waals surface area contributed by atoms with Crippen LogP contribution in [-0.4, -0.2) is 112 Å². The number of nitrogens with zero attached hydrogens (tertiary/aromatic N) is 5. The fourth-order valence-electron chi connectivity index (χ4n) is 8.23. The summed E-state index contributed by atoms with van der Waals surface area (Å²) in [5.74, 6) is 0.698. The van der Waals surface area contributed by atoms with Gasteiger partial charge >= 0.3 is 11.7 Å². The first-order valence-electron chi connectivity index (χ1n) is 16.8. The lowest BCUT2D eigenvalue weighted by Crippen LogP contribution is -2.63.